The number of Topliss-reactive ketones (excluding diaryl/α,β-unsaturated/α-hetero) is 1. The summed E-state index contributed by atoms with van der Waals surface area (Å²) in [5.74, 6) is -0.0870. The van der Waals surface area contributed by atoms with E-state index in [0.717, 1.165) is 5.56 Å². The fraction of sp³-hybridized carbons (Fsp3) is 0.318. The Balaban J connectivity index is 1.31. The zero-order valence-electron chi connectivity index (χ0n) is 16.1. The third kappa shape index (κ3) is 4.23. The lowest BCUT2D eigenvalue weighted by Crippen LogP contribution is -2.42. The number of ketones is 1. The Bertz CT molecular complexity index is 1090. The van der Waals surface area contributed by atoms with Crippen molar-refractivity contribution in [3.8, 4) is 5.75 Å². The number of H-pyrrole nitrogens is 1. The summed E-state index contributed by atoms with van der Waals surface area (Å²) in [5, 5.41) is 0. The van der Waals surface area contributed by atoms with E-state index in [4.69, 9.17) is 9.15 Å². The second kappa shape index (κ2) is 7.95. The molecule has 1 amide bonds. The van der Waals surface area contributed by atoms with E-state index in [-0.39, 0.29) is 24.2 Å². The minimum atomic E-state index is -0.538. The standard InChI is InChI=1S/C22H22N2O5/c1-14-2-5-17(6-3-14)28-13-20(25)24-10-8-15(9-11-24)21(26)16-4-7-18-19(12-16)29-22(27)23-18/h2-7,12,15H,8-11,13H2,1H3,(H,23,27). The molecule has 3 aromatic rings. The summed E-state index contributed by atoms with van der Waals surface area (Å²) in [6, 6.07) is 12.5. The van der Waals surface area contributed by atoms with Crippen molar-refractivity contribution in [1.82, 2.24) is 9.88 Å². The molecule has 150 valence electrons. The molecular weight excluding hydrogens is 372 g/mol. The molecule has 29 heavy (non-hydrogen) atoms. The van der Waals surface area contributed by atoms with Crippen molar-refractivity contribution < 1.29 is 18.7 Å². The molecule has 1 N–H and O–H groups in total. The molecule has 0 unspecified atom stereocenters. The van der Waals surface area contributed by atoms with Crippen LogP contribution in [-0.2, 0) is 4.79 Å². The van der Waals surface area contributed by atoms with Gasteiger partial charge in [0.15, 0.2) is 18.0 Å². The number of carbonyl (C=O) groups excluding carboxylic acids is 2. The zero-order valence-corrected chi connectivity index (χ0v) is 16.1. The lowest BCUT2D eigenvalue weighted by Gasteiger charge is -2.31. The van der Waals surface area contributed by atoms with E-state index in [9.17, 15) is 14.4 Å². The lowest BCUT2D eigenvalue weighted by molar-refractivity contribution is -0.134. The fourth-order valence-corrected chi connectivity index (χ4v) is 3.60. The molecule has 7 nitrogen and oxygen atoms in total. The van der Waals surface area contributed by atoms with Crippen molar-refractivity contribution in [3.05, 3.63) is 64.1 Å². The molecule has 0 aliphatic carbocycles. The number of nitrogens with one attached hydrogen (secondary N) is 1. The number of benzene rings is 2. The van der Waals surface area contributed by atoms with Gasteiger partial charge in [-0.3, -0.25) is 14.6 Å². The molecule has 2 aromatic carbocycles. The first kappa shape index (κ1) is 19.0. The first-order valence-corrected chi connectivity index (χ1v) is 9.64. The number of aromatic amines is 1. The molecular formula is C22H22N2O5. The van der Waals surface area contributed by atoms with Crippen molar-refractivity contribution in [2.75, 3.05) is 19.7 Å². The second-order valence-corrected chi connectivity index (χ2v) is 7.35. The van der Waals surface area contributed by atoms with Crippen LogP contribution in [0.4, 0.5) is 0 Å². The summed E-state index contributed by atoms with van der Waals surface area (Å²) in [6.07, 6.45) is 1.20. The Hall–Kier alpha value is -3.35. The van der Waals surface area contributed by atoms with Gasteiger partial charge in [-0.1, -0.05) is 17.7 Å². The average Bonchev–Trinajstić information content (AvgIpc) is 3.12. The van der Waals surface area contributed by atoms with Gasteiger partial charge < -0.3 is 14.1 Å². The van der Waals surface area contributed by atoms with Gasteiger partial charge in [-0.25, -0.2) is 4.79 Å². The predicted octanol–water partition coefficient (Wildman–Crippen LogP) is 2.93. The number of hydrogen-bond donors (Lipinski definition) is 1. The normalized spacial score (nSPS) is 14.9. The smallest absolute Gasteiger partial charge is 0.417 e. The predicted molar refractivity (Wildman–Crippen MR) is 107 cm³/mol. The monoisotopic (exact) mass is 394 g/mol. The molecule has 1 aromatic heterocycles. The van der Waals surface area contributed by atoms with E-state index in [1.54, 1.807) is 23.1 Å². The van der Waals surface area contributed by atoms with E-state index >= 15 is 0 Å². The van der Waals surface area contributed by atoms with Crippen molar-refractivity contribution >= 4 is 22.8 Å². The van der Waals surface area contributed by atoms with Crippen LogP contribution in [0.15, 0.2) is 51.7 Å². The van der Waals surface area contributed by atoms with E-state index in [1.165, 1.54) is 0 Å². The maximum atomic E-state index is 12.8. The lowest BCUT2D eigenvalue weighted by atomic mass is 9.89. The Morgan fingerprint density at radius 1 is 1.14 bits per heavy atom. The van der Waals surface area contributed by atoms with E-state index in [1.807, 2.05) is 31.2 Å². The van der Waals surface area contributed by atoms with Crippen molar-refractivity contribution in [2.45, 2.75) is 19.8 Å². The topological polar surface area (TPSA) is 92.6 Å². The number of oxazole rings is 1. The quantitative estimate of drug-likeness (QED) is 0.672. The number of piperidine rings is 1. The van der Waals surface area contributed by atoms with Gasteiger partial charge in [-0.05, 0) is 50.1 Å². The summed E-state index contributed by atoms with van der Waals surface area (Å²) >= 11 is 0. The average molecular weight is 394 g/mol. The molecule has 0 spiro atoms. The Morgan fingerprint density at radius 3 is 2.59 bits per heavy atom. The van der Waals surface area contributed by atoms with Gasteiger partial charge in [0.2, 0.25) is 0 Å². The minimum Gasteiger partial charge on any atom is -0.484 e. The molecule has 0 atom stereocenters. The molecule has 0 bridgehead atoms. The molecule has 1 aliphatic heterocycles. The number of aromatic nitrogens is 1. The molecule has 7 heteroatoms. The number of amides is 1. The first-order chi connectivity index (χ1) is 14.0. The third-order valence-corrected chi connectivity index (χ3v) is 5.31. The highest BCUT2D eigenvalue weighted by atomic mass is 16.5. The van der Waals surface area contributed by atoms with Crippen molar-refractivity contribution in [1.29, 1.82) is 0 Å². The summed E-state index contributed by atoms with van der Waals surface area (Å²) in [4.78, 5) is 40.8. The van der Waals surface area contributed by atoms with Crippen LogP contribution in [0.1, 0.15) is 28.8 Å². The van der Waals surface area contributed by atoms with Crippen molar-refractivity contribution in [3.63, 3.8) is 0 Å². The first-order valence-electron chi connectivity index (χ1n) is 9.64. The number of carbonyl (C=O) groups is 2. The van der Waals surface area contributed by atoms with Gasteiger partial charge in [-0.15, -0.1) is 0 Å². The summed E-state index contributed by atoms with van der Waals surface area (Å²) in [6.45, 7) is 3.03. The summed E-state index contributed by atoms with van der Waals surface area (Å²) in [5.41, 5.74) is 2.60. The van der Waals surface area contributed by atoms with Crippen LogP contribution >= 0.6 is 0 Å². The number of fused-ring (bicyclic) bond motifs is 1. The van der Waals surface area contributed by atoms with E-state index < -0.39 is 5.76 Å². The highest BCUT2D eigenvalue weighted by molar-refractivity contribution is 6.00. The van der Waals surface area contributed by atoms with Gasteiger partial charge in [0.25, 0.3) is 5.91 Å². The minimum absolute atomic E-state index is 0.00906. The van der Waals surface area contributed by atoms with Crippen LogP contribution < -0.4 is 10.5 Å². The SMILES string of the molecule is Cc1ccc(OCC(=O)N2CCC(C(=O)c3ccc4[nH]c(=O)oc4c3)CC2)cc1. The third-order valence-electron chi connectivity index (χ3n) is 5.31. The molecule has 1 fully saturated rings. The number of nitrogens with zero attached hydrogens (tertiary/aromatic N) is 1. The maximum absolute atomic E-state index is 12.8. The number of rotatable bonds is 5. The van der Waals surface area contributed by atoms with Gasteiger partial charge in [0.1, 0.15) is 5.75 Å². The Kier molecular flexibility index (Phi) is 5.20. The zero-order chi connectivity index (χ0) is 20.4. The molecule has 1 aliphatic rings. The fourth-order valence-electron chi connectivity index (χ4n) is 3.60. The van der Waals surface area contributed by atoms with Crippen LogP contribution in [0.3, 0.4) is 0 Å². The second-order valence-electron chi connectivity index (χ2n) is 7.35. The van der Waals surface area contributed by atoms with Gasteiger partial charge in [0.05, 0.1) is 5.52 Å². The van der Waals surface area contributed by atoms with Crippen LogP contribution in [0, 0.1) is 12.8 Å². The van der Waals surface area contributed by atoms with E-state index in [2.05, 4.69) is 4.98 Å². The van der Waals surface area contributed by atoms with Gasteiger partial charge in [-0.2, -0.15) is 0 Å². The molecule has 2 heterocycles. The highest BCUT2D eigenvalue weighted by Crippen LogP contribution is 2.24. The molecule has 0 radical (unpaired) electrons. The highest BCUT2D eigenvalue weighted by Gasteiger charge is 2.28. The number of hydrogen-bond acceptors (Lipinski definition) is 5. The Morgan fingerprint density at radius 2 is 1.86 bits per heavy atom. The van der Waals surface area contributed by atoms with Crippen molar-refractivity contribution in [2.24, 2.45) is 5.92 Å². The molecule has 1 saturated heterocycles. The summed E-state index contributed by atoms with van der Waals surface area (Å²) < 4.78 is 10.6. The van der Waals surface area contributed by atoms with Gasteiger partial charge in [0, 0.05) is 24.6 Å². The van der Waals surface area contributed by atoms with Crippen LogP contribution in [0.25, 0.3) is 11.1 Å². The van der Waals surface area contributed by atoms with Crippen LogP contribution in [-0.4, -0.2) is 41.3 Å². The number of ether oxygens (including phenoxy) is 1. The number of likely N-dealkylation sites (tertiary alicyclic amines) is 1. The Labute approximate surface area is 167 Å². The van der Waals surface area contributed by atoms with Crippen LogP contribution in [0.5, 0.6) is 5.75 Å². The summed E-state index contributed by atoms with van der Waals surface area (Å²) in [7, 11) is 0. The molecule has 4 rings (SSSR count). The van der Waals surface area contributed by atoms with E-state index in [0.29, 0.717) is 48.3 Å². The van der Waals surface area contributed by atoms with Gasteiger partial charge >= 0.3 is 5.76 Å². The number of aryl methyl sites for hydroxylation is 1. The largest absolute Gasteiger partial charge is 0.484 e. The molecule has 0 saturated carbocycles. The van der Waals surface area contributed by atoms with Crippen LogP contribution in [0.2, 0.25) is 0 Å². The maximum Gasteiger partial charge on any atom is 0.417 e.